The molecule has 2 aliphatic rings. The summed E-state index contributed by atoms with van der Waals surface area (Å²) in [4.78, 5) is 14.0. The van der Waals surface area contributed by atoms with Crippen LogP contribution in [0.2, 0.25) is 0 Å². The van der Waals surface area contributed by atoms with Gasteiger partial charge in [0.2, 0.25) is 5.95 Å². The molecule has 0 amide bonds. The third-order valence-corrected chi connectivity index (χ3v) is 4.27. The van der Waals surface area contributed by atoms with Crippen LogP contribution in [0.15, 0.2) is 6.20 Å². The molecular formula is C14H23N5. The third kappa shape index (κ3) is 2.52. The number of fused-ring (bicyclic) bond motifs is 1. The van der Waals surface area contributed by atoms with Gasteiger partial charge in [0, 0.05) is 44.5 Å². The molecule has 2 aliphatic heterocycles. The third-order valence-electron chi connectivity index (χ3n) is 4.27. The summed E-state index contributed by atoms with van der Waals surface area (Å²) in [5.74, 6) is 1.82. The Balaban J connectivity index is 1.84. The van der Waals surface area contributed by atoms with E-state index in [2.05, 4.69) is 32.0 Å². The minimum atomic E-state index is 0.716. The second-order valence-corrected chi connectivity index (χ2v) is 5.58. The van der Waals surface area contributed by atoms with Crippen LogP contribution in [-0.4, -0.2) is 54.1 Å². The van der Waals surface area contributed by atoms with Crippen LogP contribution in [0.4, 0.5) is 11.8 Å². The van der Waals surface area contributed by atoms with E-state index in [4.69, 9.17) is 0 Å². The highest BCUT2D eigenvalue weighted by atomic mass is 15.3. The molecule has 2 saturated heterocycles. The van der Waals surface area contributed by atoms with Crippen molar-refractivity contribution in [2.24, 2.45) is 0 Å². The Hall–Kier alpha value is -1.36. The number of nitrogens with one attached hydrogen (secondary N) is 1. The van der Waals surface area contributed by atoms with Crippen molar-refractivity contribution in [3.8, 4) is 0 Å². The molecule has 0 radical (unpaired) electrons. The molecule has 5 nitrogen and oxygen atoms in total. The van der Waals surface area contributed by atoms with E-state index in [0.29, 0.717) is 5.95 Å². The maximum absolute atomic E-state index is 4.66. The monoisotopic (exact) mass is 261 g/mol. The number of aryl methyl sites for hydroxylation is 1. The first-order valence-corrected chi connectivity index (χ1v) is 7.28. The number of nitrogens with zero attached hydrogens (tertiary/aromatic N) is 4. The number of hydrogen-bond donors (Lipinski definition) is 1. The lowest BCUT2D eigenvalue weighted by molar-refractivity contribution is 0.273. The largest absolute Gasteiger partial charge is 0.357 e. The molecule has 2 fully saturated rings. The van der Waals surface area contributed by atoms with Crippen LogP contribution in [0, 0.1) is 6.92 Å². The van der Waals surface area contributed by atoms with Crippen molar-refractivity contribution >= 4 is 11.8 Å². The molecule has 5 heteroatoms. The van der Waals surface area contributed by atoms with Crippen LogP contribution >= 0.6 is 0 Å². The summed E-state index contributed by atoms with van der Waals surface area (Å²) >= 11 is 0. The van der Waals surface area contributed by atoms with Gasteiger partial charge in [0.05, 0.1) is 0 Å². The summed E-state index contributed by atoms with van der Waals surface area (Å²) in [5.41, 5.74) is 1.17. The van der Waals surface area contributed by atoms with Gasteiger partial charge in [-0.05, 0) is 32.7 Å². The van der Waals surface area contributed by atoms with E-state index >= 15 is 0 Å². The van der Waals surface area contributed by atoms with Gasteiger partial charge in [0.1, 0.15) is 5.82 Å². The Bertz CT molecular complexity index is 447. The van der Waals surface area contributed by atoms with Crippen LogP contribution in [0.3, 0.4) is 0 Å². The summed E-state index contributed by atoms with van der Waals surface area (Å²) < 4.78 is 0. The van der Waals surface area contributed by atoms with E-state index in [1.165, 1.54) is 37.9 Å². The minimum Gasteiger partial charge on any atom is -0.357 e. The zero-order valence-corrected chi connectivity index (χ0v) is 11.9. The van der Waals surface area contributed by atoms with Crippen molar-refractivity contribution in [1.82, 2.24) is 14.9 Å². The summed E-state index contributed by atoms with van der Waals surface area (Å²) in [6, 6.07) is 0.718. The van der Waals surface area contributed by atoms with Gasteiger partial charge in [0.25, 0.3) is 0 Å². The molecular weight excluding hydrogens is 238 g/mol. The smallest absolute Gasteiger partial charge is 0.224 e. The highest BCUT2D eigenvalue weighted by Crippen LogP contribution is 2.26. The van der Waals surface area contributed by atoms with Crippen LogP contribution in [0.1, 0.15) is 24.8 Å². The van der Waals surface area contributed by atoms with E-state index in [-0.39, 0.29) is 0 Å². The molecule has 1 aromatic rings. The summed E-state index contributed by atoms with van der Waals surface area (Å²) in [5, 5.41) is 3.04. The Kier molecular flexibility index (Phi) is 3.55. The molecule has 0 bridgehead atoms. The molecule has 1 N–H and O–H groups in total. The summed E-state index contributed by atoms with van der Waals surface area (Å²) in [6.07, 6.45) is 5.84. The molecule has 3 rings (SSSR count). The molecule has 0 spiro atoms. The Morgan fingerprint density at radius 3 is 2.95 bits per heavy atom. The molecule has 0 saturated carbocycles. The number of anilines is 2. The Morgan fingerprint density at radius 2 is 2.11 bits per heavy atom. The first kappa shape index (κ1) is 12.7. The summed E-state index contributed by atoms with van der Waals surface area (Å²) in [6.45, 7) is 6.84. The Morgan fingerprint density at radius 1 is 1.26 bits per heavy atom. The summed E-state index contributed by atoms with van der Waals surface area (Å²) in [7, 11) is 1.87. The van der Waals surface area contributed by atoms with Crippen LogP contribution in [0.5, 0.6) is 0 Å². The van der Waals surface area contributed by atoms with Crippen molar-refractivity contribution in [3.63, 3.8) is 0 Å². The van der Waals surface area contributed by atoms with Crippen molar-refractivity contribution in [2.75, 3.05) is 43.4 Å². The van der Waals surface area contributed by atoms with Crippen molar-refractivity contribution in [3.05, 3.63) is 11.8 Å². The molecule has 0 aliphatic carbocycles. The molecule has 0 aromatic carbocycles. The second kappa shape index (κ2) is 5.33. The fraction of sp³-hybridized carbons (Fsp3) is 0.714. The average molecular weight is 261 g/mol. The van der Waals surface area contributed by atoms with Gasteiger partial charge in [-0.25, -0.2) is 4.98 Å². The van der Waals surface area contributed by atoms with E-state index in [1.807, 2.05) is 13.2 Å². The standard InChI is InChI=1S/C14H23N5/c1-11-9-16-14(15-2)17-13(11)19-8-4-7-18-6-3-5-12(18)10-19/h9,12H,3-8,10H2,1-2H3,(H,15,16,17). The lowest BCUT2D eigenvalue weighted by Gasteiger charge is -2.27. The fourth-order valence-electron chi connectivity index (χ4n) is 3.27. The van der Waals surface area contributed by atoms with E-state index in [9.17, 15) is 0 Å². The van der Waals surface area contributed by atoms with Crippen LogP contribution < -0.4 is 10.2 Å². The topological polar surface area (TPSA) is 44.3 Å². The SMILES string of the molecule is CNc1ncc(C)c(N2CCCN3CCCC3C2)n1. The van der Waals surface area contributed by atoms with Gasteiger partial charge >= 0.3 is 0 Å². The van der Waals surface area contributed by atoms with E-state index in [1.54, 1.807) is 0 Å². The molecule has 104 valence electrons. The predicted octanol–water partition coefficient (Wildman–Crippen LogP) is 1.50. The first-order chi connectivity index (χ1) is 9.28. The highest BCUT2D eigenvalue weighted by molar-refractivity contribution is 5.49. The lowest BCUT2D eigenvalue weighted by Crippen LogP contribution is -2.37. The van der Waals surface area contributed by atoms with Gasteiger partial charge < -0.3 is 10.2 Å². The zero-order chi connectivity index (χ0) is 13.2. The average Bonchev–Trinajstić information content (AvgIpc) is 2.77. The lowest BCUT2D eigenvalue weighted by atomic mass is 10.2. The van der Waals surface area contributed by atoms with Crippen molar-refractivity contribution in [1.29, 1.82) is 0 Å². The minimum absolute atomic E-state index is 0.716. The second-order valence-electron chi connectivity index (χ2n) is 5.58. The molecule has 19 heavy (non-hydrogen) atoms. The van der Waals surface area contributed by atoms with Gasteiger partial charge in [0.15, 0.2) is 0 Å². The fourth-order valence-corrected chi connectivity index (χ4v) is 3.27. The van der Waals surface area contributed by atoms with E-state index in [0.717, 1.165) is 24.9 Å². The van der Waals surface area contributed by atoms with Crippen molar-refractivity contribution in [2.45, 2.75) is 32.2 Å². The predicted molar refractivity (Wildman–Crippen MR) is 77.7 cm³/mol. The first-order valence-electron chi connectivity index (χ1n) is 7.28. The number of rotatable bonds is 2. The number of aromatic nitrogens is 2. The van der Waals surface area contributed by atoms with E-state index < -0.39 is 0 Å². The molecule has 1 aromatic heterocycles. The number of hydrogen-bond acceptors (Lipinski definition) is 5. The van der Waals surface area contributed by atoms with Gasteiger partial charge in [-0.15, -0.1) is 0 Å². The van der Waals surface area contributed by atoms with Gasteiger partial charge in [-0.1, -0.05) is 0 Å². The normalized spacial score (nSPS) is 24.1. The highest BCUT2D eigenvalue weighted by Gasteiger charge is 2.29. The van der Waals surface area contributed by atoms with Crippen LogP contribution in [-0.2, 0) is 0 Å². The van der Waals surface area contributed by atoms with Crippen LogP contribution in [0.25, 0.3) is 0 Å². The molecule has 1 atom stereocenters. The zero-order valence-electron chi connectivity index (χ0n) is 11.9. The van der Waals surface area contributed by atoms with Crippen molar-refractivity contribution < 1.29 is 0 Å². The molecule has 3 heterocycles. The quantitative estimate of drug-likeness (QED) is 0.874. The van der Waals surface area contributed by atoms with Gasteiger partial charge in [-0.2, -0.15) is 4.98 Å². The maximum Gasteiger partial charge on any atom is 0.224 e. The van der Waals surface area contributed by atoms with Gasteiger partial charge in [-0.3, -0.25) is 4.90 Å². The maximum atomic E-state index is 4.66. The molecule has 1 unspecified atom stereocenters. The Labute approximate surface area is 115 Å².